The number of nitro groups is 4. The summed E-state index contributed by atoms with van der Waals surface area (Å²) in [4.78, 5) is 49.9. The SMILES string of the molecule is C=CCO.C=CCOc1ccc([N+](=O)[O-])cc1[N+](=O)[O-].O=CO[O-].O=[N+]([O-])c1ccc(Cl)c([N+](=O)[O-])c1.[H-].[K+].[K+]. The van der Waals surface area contributed by atoms with Gasteiger partial charge in [-0.25, -0.2) is 0 Å². The van der Waals surface area contributed by atoms with Gasteiger partial charge in [0.2, 0.25) is 0 Å². The van der Waals surface area contributed by atoms with Crippen LogP contribution in [0.25, 0.3) is 0 Å². The molecule has 0 atom stereocenters. The van der Waals surface area contributed by atoms with Gasteiger partial charge in [0.15, 0.2) is 5.75 Å². The monoisotopic (exact) mass is 624 g/mol. The van der Waals surface area contributed by atoms with Gasteiger partial charge in [-0.05, 0) is 12.1 Å². The van der Waals surface area contributed by atoms with E-state index in [2.05, 4.69) is 18.0 Å². The first-order valence-electron chi connectivity index (χ1n) is 9.10. The van der Waals surface area contributed by atoms with Gasteiger partial charge in [0.25, 0.3) is 23.5 Å². The normalized spacial score (nSPS) is 8.28. The maximum absolute atomic E-state index is 10.6. The maximum atomic E-state index is 10.6. The molecular formula is C19H19ClK2N4O13. The Kier molecular flexibility index (Phi) is 30.1. The van der Waals surface area contributed by atoms with E-state index in [9.17, 15) is 40.5 Å². The van der Waals surface area contributed by atoms with Crippen molar-refractivity contribution in [1.29, 1.82) is 0 Å². The number of nitro benzene ring substituents is 4. The van der Waals surface area contributed by atoms with E-state index in [4.69, 9.17) is 31.5 Å². The number of aliphatic hydroxyl groups is 1. The van der Waals surface area contributed by atoms with Gasteiger partial charge in [-0.1, -0.05) is 30.3 Å². The number of non-ortho nitro benzene ring substituents is 2. The molecule has 2 rings (SSSR count). The molecule has 20 heteroatoms. The molecule has 39 heavy (non-hydrogen) atoms. The molecule has 17 nitrogen and oxygen atoms in total. The van der Waals surface area contributed by atoms with Crippen LogP contribution in [-0.4, -0.2) is 44.5 Å². The fourth-order valence-electron chi connectivity index (χ4n) is 1.79. The van der Waals surface area contributed by atoms with Gasteiger partial charge in [0, 0.05) is 12.1 Å². The average molecular weight is 625 g/mol. The Morgan fingerprint density at radius 1 is 0.846 bits per heavy atom. The van der Waals surface area contributed by atoms with E-state index < -0.39 is 31.1 Å². The average Bonchev–Trinajstić information content (AvgIpc) is 2.87. The zero-order chi connectivity index (χ0) is 29.0. The molecule has 1 N–H and O–H groups in total. The Morgan fingerprint density at radius 2 is 1.26 bits per heavy atom. The number of benzene rings is 2. The van der Waals surface area contributed by atoms with Gasteiger partial charge in [0.1, 0.15) is 11.6 Å². The molecule has 0 saturated carbocycles. The van der Waals surface area contributed by atoms with Crippen molar-refractivity contribution < 1.29 is 149 Å². The first-order valence-corrected chi connectivity index (χ1v) is 9.48. The van der Waals surface area contributed by atoms with Gasteiger partial charge in [-0.15, -0.1) is 6.58 Å². The third-order valence-corrected chi connectivity index (χ3v) is 3.53. The first-order chi connectivity index (χ1) is 17.4. The van der Waals surface area contributed by atoms with E-state index >= 15 is 0 Å². The predicted molar refractivity (Wildman–Crippen MR) is 126 cm³/mol. The van der Waals surface area contributed by atoms with E-state index in [1.165, 1.54) is 18.2 Å². The van der Waals surface area contributed by atoms with Crippen LogP contribution in [0.15, 0.2) is 61.7 Å². The number of nitrogens with zero attached hydrogens (tertiary/aromatic N) is 4. The Balaban J connectivity index is -0.000000153. The van der Waals surface area contributed by atoms with Crippen molar-refractivity contribution >= 4 is 40.8 Å². The third-order valence-electron chi connectivity index (χ3n) is 3.21. The molecule has 0 amide bonds. The summed E-state index contributed by atoms with van der Waals surface area (Å²) in [6.45, 7) is 6.62. The minimum absolute atomic E-state index is 0. The predicted octanol–water partition coefficient (Wildman–Crippen LogP) is -3.06. The van der Waals surface area contributed by atoms with E-state index in [1.54, 1.807) is 0 Å². The molecule has 0 spiro atoms. The molecule has 2 aromatic carbocycles. The van der Waals surface area contributed by atoms with Crippen molar-refractivity contribution in [2.24, 2.45) is 0 Å². The standard InChI is InChI=1S/C9H8N2O5.C6H3ClN2O4.C3H6O.CH2O3.2K.H/c1-2-5-16-9-4-3-7(10(12)13)6-8(9)11(14)15;7-5-2-1-4(8(10)11)3-6(5)9(12)13;1-2-3-4;2-1-4-3;;;/h2-4,6H,1,5H2;1-3H;2,4H,1,3H2;1,3H;;;/q;;;;2*+1;-1/p-1. The van der Waals surface area contributed by atoms with Crippen LogP contribution in [0.1, 0.15) is 1.43 Å². The third kappa shape index (κ3) is 19.9. The quantitative estimate of drug-likeness (QED) is 0.0727. The van der Waals surface area contributed by atoms with E-state index in [0.717, 1.165) is 30.3 Å². The van der Waals surface area contributed by atoms with E-state index in [1.807, 2.05) is 0 Å². The topological polar surface area (TPSA) is 251 Å². The van der Waals surface area contributed by atoms with Gasteiger partial charge in [-0.2, -0.15) is 0 Å². The first kappa shape index (κ1) is 44.3. The van der Waals surface area contributed by atoms with Gasteiger partial charge in [0.05, 0.1) is 38.4 Å². The van der Waals surface area contributed by atoms with Crippen molar-refractivity contribution in [1.82, 2.24) is 0 Å². The molecule has 0 aliphatic rings. The summed E-state index contributed by atoms with van der Waals surface area (Å²) in [5, 5.41) is 57.7. The molecule has 2 aromatic rings. The minimum atomic E-state index is -0.769. The molecule has 0 aliphatic heterocycles. The molecule has 0 radical (unpaired) electrons. The summed E-state index contributed by atoms with van der Waals surface area (Å²) >= 11 is 5.43. The van der Waals surface area contributed by atoms with E-state index in [-0.39, 0.29) is 146 Å². The largest absolute Gasteiger partial charge is 1.00 e. The van der Waals surface area contributed by atoms with Crippen LogP contribution in [0.2, 0.25) is 5.02 Å². The molecule has 0 fully saturated rings. The zero-order valence-corrected chi connectivity index (χ0v) is 27.5. The second-order valence-electron chi connectivity index (χ2n) is 5.58. The maximum Gasteiger partial charge on any atom is 1.00 e. The number of rotatable bonds is 9. The van der Waals surface area contributed by atoms with Crippen molar-refractivity contribution in [2.45, 2.75) is 0 Å². The number of aliphatic hydroxyl groups excluding tert-OH is 1. The van der Waals surface area contributed by atoms with E-state index in [0.29, 0.717) is 0 Å². The Labute approximate surface area is 311 Å². The summed E-state index contributed by atoms with van der Waals surface area (Å²) in [6, 6.07) is 6.25. The number of ether oxygens (including phenoxy) is 1. The summed E-state index contributed by atoms with van der Waals surface area (Å²) in [5.74, 6) is -0.0181. The molecule has 0 unspecified atom stereocenters. The van der Waals surface area contributed by atoms with Crippen LogP contribution in [0.4, 0.5) is 22.7 Å². The van der Waals surface area contributed by atoms with Crippen LogP contribution in [0, 0.1) is 40.5 Å². The molecular weight excluding hydrogens is 606 g/mol. The fourth-order valence-corrected chi connectivity index (χ4v) is 1.97. The van der Waals surface area contributed by atoms with Crippen molar-refractivity contribution in [3.63, 3.8) is 0 Å². The van der Waals surface area contributed by atoms with Crippen LogP contribution in [0.3, 0.4) is 0 Å². The minimum Gasteiger partial charge on any atom is -1.00 e. The van der Waals surface area contributed by atoms with Gasteiger partial charge in [-0.3, -0.25) is 45.3 Å². The smallest absolute Gasteiger partial charge is 1.00 e. The van der Waals surface area contributed by atoms with Crippen LogP contribution < -0.4 is 113 Å². The summed E-state index contributed by atoms with van der Waals surface area (Å²) in [7, 11) is 0. The second kappa shape index (κ2) is 26.5. The van der Waals surface area contributed by atoms with Crippen molar-refractivity contribution in [3.05, 3.63) is 107 Å². The Hall–Kier alpha value is -1.73. The fraction of sp³-hybridized carbons (Fsp3) is 0.105. The molecule has 0 bridgehead atoms. The molecule has 0 aromatic heterocycles. The molecule has 202 valence electrons. The Morgan fingerprint density at radius 3 is 1.59 bits per heavy atom. The van der Waals surface area contributed by atoms with Crippen LogP contribution >= 0.6 is 11.6 Å². The zero-order valence-electron chi connectivity index (χ0n) is 21.5. The van der Waals surface area contributed by atoms with Gasteiger partial charge < -0.3 is 21.4 Å². The summed E-state index contributed by atoms with van der Waals surface area (Å²) in [5.41, 5.74) is -1.60. The number of halogens is 1. The van der Waals surface area contributed by atoms with Gasteiger partial charge >= 0.3 is 108 Å². The number of carbonyl (C=O) groups is 1. The summed E-state index contributed by atoms with van der Waals surface area (Å²) in [6.07, 6.45) is 2.85. The number of carbonyl (C=O) groups excluding carboxylic acids is 1. The number of hydrogen-bond acceptors (Lipinski definition) is 13. The van der Waals surface area contributed by atoms with Crippen molar-refractivity contribution in [2.75, 3.05) is 13.2 Å². The van der Waals surface area contributed by atoms with Crippen molar-refractivity contribution in [3.8, 4) is 5.75 Å². The molecule has 0 aliphatic carbocycles. The summed E-state index contributed by atoms with van der Waals surface area (Å²) < 4.78 is 5.00. The molecule has 0 heterocycles. The second-order valence-corrected chi connectivity index (χ2v) is 5.99. The van der Waals surface area contributed by atoms with Crippen LogP contribution in [-0.2, 0) is 9.68 Å². The molecule has 0 saturated heterocycles. The van der Waals surface area contributed by atoms with Crippen LogP contribution in [0.5, 0.6) is 5.75 Å². The number of hydrogen-bond donors (Lipinski definition) is 1. The Bertz CT molecular complexity index is 1120.